The molecular formula is C24H33N3O4S. The van der Waals surface area contributed by atoms with E-state index in [-0.39, 0.29) is 16.9 Å². The first-order chi connectivity index (χ1) is 15.1. The number of anilines is 2. The first-order valence-corrected chi connectivity index (χ1v) is 12.3. The second-order valence-electron chi connectivity index (χ2n) is 9.12. The highest BCUT2D eigenvalue weighted by Gasteiger charge is 2.20. The standard InChI is InChI=1S/C24H33N3O4S/c1-24(2,3)18-5-11-22(12-6-18)32(29,30)25-17-23(28)26-19-7-9-20(10-8-19)27-15-13-21(31-4)14-16-27/h5-12,21,25H,13-17H2,1-4H3,(H,26,28). The third kappa shape index (κ3) is 6.31. The average molecular weight is 460 g/mol. The summed E-state index contributed by atoms with van der Waals surface area (Å²) in [6, 6.07) is 14.3. The van der Waals surface area contributed by atoms with Crippen molar-refractivity contribution in [1.29, 1.82) is 0 Å². The zero-order valence-electron chi connectivity index (χ0n) is 19.2. The molecule has 32 heavy (non-hydrogen) atoms. The lowest BCUT2D eigenvalue weighted by molar-refractivity contribution is -0.115. The smallest absolute Gasteiger partial charge is 0.241 e. The number of sulfonamides is 1. The minimum absolute atomic E-state index is 0.0640. The molecule has 0 aliphatic carbocycles. The molecule has 0 spiro atoms. The Kier molecular flexibility index (Phi) is 7.59. The highest BCUT2D eigenvalue weighted by molar-refractivity contribution is 7.89. The second-order valence-corrected chi connectivity index (χ2v) is 10.9. The van der Waals surface area contributed by atoms with Crippen molar-refractivity contribution in [1.82, 2.24) is 4.72 Å². The topological polar surface area (TPSA) is 87.7 Å². The van der Waals surface area contributed by atoms with Crippen LogP contribution in [0.3, 0.4) is 0 Å². The van der Waals surface area contributed by atoms with Crippen molar-refractivity contribution in [2.75, 3.05) is 37.0 Å². The summed E-state index contributed by atoms with van der Waals surface area (Å²) in [7, 11) is -2.02. The van der Waals surface area contributed by atoms with Gasteiger partial charge in [-0.15, -0.1) is 0 Å². The molecule has 0 radical (unpaired) electrons. The van der Waals surface area contributed by atoms with Gasteiger partial charge in [0, 0.05) is 31.6 Å². The Morgan fingerprint density at radius 2 is 1.62 bits per heavy atom. The molecule has 0 aromatic heterocycles. The highest BCUT2D eigenvalue weighted by atomic mass is 32.2. The lowest BCUT2D eigenvalue weighted by Gasteiger charge is -2.33. The molecule has 0 saturated carbocycles. The molecule has 1 aliphatic heterocycles. The predicted octanol–water partition coefficient (Wildman–Crippen LogP) is 3.52. The summed E-state index contributed by atoms with van der Waals surface area (Å²) in [5.41, 5.74) is 2.70. The van der Waals surface area contributed by atoms with Crippen molar-refractivity contribution in [3.05, 3.63) is 54.1 Å². The summed E-state index contributed by atoms with van der Waals surface area (Å²) in [6.07, 6.45) is 2.31. The molecule has 1 heterocycles. The van der Waals surface area contributed by atoms with Crippen LogP contribution >= 0.6 is 0 Å². The van der Waals surface area contributed by atoms with Gasteiger partial charge in [-0.2, -0.15) is 0 Å². The summed E-state index contributed by atoms with van der Waals surface area (Å²) in [5.74, 6) is -0.423. The molecule has 2 aromatic rings. The maximum Gasteiger partial charge on any atom is 0.241 e. The third-order valence-corrected chi connectivity index (χ3v) is 7.16. The zero-order chi connectivity index (χ0) is 23.4. The van der Waals surface area contributed by atoms with Crippen molar-refractivity contribution in [2.45, 2.75) is 50.0 Å². The molecule has 1 amide bonds. The van der Waals surface area contributed by atoms with Crippen LogP contribution in [0.25, 0.3) is 0 Å². The van der Waals surface area contributed by atoms with Gasteiger partial charge >= 0.3 is 0 Å². The van der Waals surface area contributed by atoms with Gasteiger partial charge in [0.1, 0.15) is 0 Å². The van der Waals surface area contributed by atoms with Gasteiger partial charge in [-0.1, -0.05) is 32.9 Å². The number of methoxy groups -OCH3 is 1. The van der Waals surface area contributed by atoms with E-state index in [0.29, 0.717) is 11.8 Å². The quantitative estimate of drug-likeness (QED) is 0.662. The number of carbonyl (C=O) groups excluding carboxylic acids is 1. The Balaban J connectivity index is 1.52. The minimum Gasteiger partial charge on any atom is -0.381 e. The first kappa shape index (κ1) is 24.2. The van der Waals surface area contributed by atoms with Gasteiger partial charge in [0.05, 0.1) is 17.5 Å². The number of piperidine rings is 1. The lowest BCUT2D eigenvalue weighted by atomic mass is 9.87. The lowest BCUT2D eigenvalue weighted by Crippen LogP contribution is -2.36. The monoisotopic (exact) mass is 459 g/mol. The number of benzene rings is 2. The van der Waals surface area contributed by atoms with Crippen LogP contribution < -0.4 is 14.9 Å². The van der Waals surface area contributed by atoms with Crippen LogP contribution in [0.5, 0.6) is 0 Å². The first-order valence-electron chi connectivity index (χ1n) is 10.9. The van der Waals surface area contributed by atoms with Gasteiger partial charge in [0.25, 0.3) is 0 Å². The Morgan fingerprint density at radius 1 is 1.03 bits per heavy atom. The fourth-order valence-corrected chi connectivity index (χ4v) is 4.67. The van der Waals surface area contributed by atoms with E-state index in [0.717, 1.165) is 37.2 Å². The van der Waals surface area contributed by atoms with Crippen LogP contribution in [0, 0.1) is 0 Å². The number of ether oxygens (including phenoxy) is 1. The van der Waals surface area contributed by atoms with E-state index in [4.69, 9.17) is 4.74 Å². The fourth-order valence-electron chi connectivity index (χ4n) is 3.69. The van der Waals surface area contributed by atoms with Crippen LogP contribution in [-0.2, 0) is 25.0 Å². The number of hydrogen-bond donors (Lipinski definition) is 2. The van der Waals surface area contributed by atoms with E-state index in [1.807, 2.05) is 24.3 Å². The number of amides is 1. The van der Waals surface area contributed by atoms with Crippen molar-refractivity contribution in [2.24, 2.45) is 0 Å². The summed E-state index contributed by atoms with van der Waals surface area (Å²) < 4.78 is 32.8. The Morgan fingerprint density at radius 3 is 2.16 bits per heavy atom. The molecule has 7 nitrogen and oxygen atoms in total. The number of carbonyl (C=O) groups is 1. The number of nitrogens with zero attached hydrogens (tertiary/aromatic N) is 1. The Bertz CT molecular complexity index is 1000. The van der Waals surface area contributed by atoms with Gasteiger partial charge in [0.2, 0.25) is 15.9 Å². The van der Waals surface area contributed by atoms with Crippen LogP contribution in [0.15, 0.2) is 53.4 Å². The number of rotatable bonds is 7. The SMILES string of the molecule is COC1CCN(c2ccc(NC(=O)CNS(=O)(=O)c3ccc(C(C)(C)C)cc3)cc2)CC1. The fraction of sp³-hybridized carbons (Fsp3) is 0.458. The van der Waals surface area contributed by atoms with Crippen molar-refractivity contribution in [3.8, 4) is 0 Å². The van der Waals surface area contributed by atoms with Gasteiger partial charge in [0.15, 0.2) is 0 Å². The van der Waals surface area contributed by atoms with Crippen molar-refractivity contribution in [3.63, 3.8) is 0 Å². The molecule has 2 aromatic carbocycles. The minimum atomic E-state index is -3.77. The maximum atomic E-state index is 12.5. The normalized spacial score (nSPS) is 15.6. The summed E-state index contributed by atoms with van der Waals surface area (Å²) >= 11 is 0. The average Bonchev–Trinajstić information content (AvgIpc) is 2.78. The van der Waals surface area contributed by atoms with E-state index in [2.05, 4.69) is 35.7 Å². The van der Waals surface area contributed by atoms with Gasteiger partial charge in [-0.05, 0) is 60.2 Å². The molecule has 2 N–H and O–H groups in total. The molecule has 1 aliphatic rings. The number of hydrogen-bond acceptors (Lipinski definition) is 5. The molecule has 174 valence electrons. The van der Waals surface area contributed by atoms with Crippen LogP contribution in [0.2, 0.25) is 0 Å². The number of nitrogens with one attached hydrogen (secondary N) is 2. The molecule has 0 atom stereocenters. The van der Waals surface area contributed by atoms with Gasteiger partial charge < -0.3 is 15.0 Å². The predicted molar refractivity (Wildman–Crippen MR) is 128 cm³/mol. The molecular weight excluding hydrogens is 426 g/mol. The largest absolute Gasteiger partial charge is 0.381 e. The van der Waals surface area contributed by atoms with Crippen LogP contribution in [0.4, 0.5) is 11.4 Å². The molecule has 1 saturated heterocycles. The summed E-state index contributed by atoms with van der Waals surface area (Å²) in [4.78, 5) is 14.7. The summed E-state index contributed by atoms with van der Waals surface area (Å²) in [6.45, 7) is 7.72. The third-order valence-electron chi connectivity index (χ3n) is 5.74. The zero-order valence-corrected chi connectivity index (χ0v) is 20.0. The Hall–Kier alpha value is -2.42. The highest BCUT2D eigenvalue weighted by Crippen LogP contribution is 2.24. The molecule has 0 bridgehead atoms. The molecule has 3 rings (SSSR count). The van der Waals surface area contributed by atoms with E-state index >= 15 is 0 Å². The maximum absolute atomic E-state index is 12.5. The van der Waals surface area contributed by atoms with Crippen LogP contribution in [-0.4, -0.2) is 47.2 Å². The van der Waals surface area contributed by atoms with E-state index in [9.17, 15) is 13.2 Å². The Labute approximate surface area is 191 Å². The van der Waals surface area contributed by atoms with Crippen LogP contribution in [0.1, 0.15) is 39.2 Å². The molecule has 1 fully saturated rings. The second kappa shape index (κ2) is 10.0. The van der Waals surface area contributed by atoms with Crippen molar-refractivity contribution >= 4 is 27.3 Å². The summed E-state index contributed by atoms with van der Waals surface area (Å²) in [5, 5.41) is 2.74. The van der Waals surface area contributed by atoms with E-state index in [1.165, 1.54) is 0 Å². The van der Waals surface area contributed by atoms with Crippen molar-refractivity contribution < 1.29 is 17.9 Å². The molecule has 0 unspecified atom stereocenters. The van der Waals surface area contributed by atoms with Gasteiger partial charge in [-0.25, -0.2) is 13.1 Å². The van der Waals surface area contributed by atoms with E-state index in [1.54, 1.807) is 31.4 Å². The molecule has 8 heteroatoms. The van der Waals surface area contributed by atoms with Gasteiger partial charge in [-0.3, -0.25) is 4.79 Å². The van der Waals surface area contributed by atoms with E-state index < -0.39 is 15.9 Å².